The predicted molar refractivity (Wildman–Crippen MR) is 102 cm³/mol. The minimum absolute atomic E-state index is 0.532. The molecular formula is C17H24BrN3OSi. The lowest BCUT2D eigenvalue weighted by Gasteiger charge is -2.27. The van der Waals surface area contributed by atoms with Gasteiger partial charge in [0.1, 0.15) is 6.73 Å². The molecule has 1 aliphatic heterocycles. The number of aromatic nitrogens is 2. The first-order valence-corrected chi connectivity index (χ1v) is 12.5. The van der Waals surface area contributed by atoms with Crippen LogP contribution in [0.3, 0.4) is 0 Å². The minimum atomic E-state index is -1.03. The average Bonchev–Trinajstić information content (AvgIpc) is 2.85. The second-order valence-corrected chi connectivity index (χ2v) is 13.9. The number of fused-ring (bicyclic) bond motifs is 3. The molecule has 0 radical (unpaired) electrons. The number of hydrogen-bond donors (Lipinski definition) is 0. The van der Waals surface area contributed by atoms with Gasteiger partial charge >= 0.3 is 0 Å². The van der Waals surface area contributed by atoms with Gasteiger partial charge in [0.15, 0.2) is 0 Å². The van der Waals surface area contributed by atoms with E-state index >= 15 is 0 Å². The Hall–Kier alpha value is -1.11. The van der Waals surface area contributed by atoms with E-state index in [1.165, 1.54) is 22.9 Å². The number of hydrogen-bond acceptors (Lipinski definition) is 3. The highest BCUT2D eigenvalue weighted by Crippen LogP contribution is 2.41. The van der Waals surface area contributed by atoms with E-state index in [0.29, 0.717) is 6.73 Å². The lowest BCUT2D eigenvalue weighted by molar-refractivity contribution is 0.0787. The number of nitrogens with zero attached hydrogens (tertiary/aromatic N) is 3. The molecule has 0 saturated heterocycles. The molecule has 124 valence electrons. The van der Waals surface area contributed by atoms with Crippen molar-refractivity contribution in [3.8, 4) is 11.3 Å². The summed E-state index contributed by atoms with van der Waals surface area (Å²) in [4.78, 5) is 2.26. The first kappa shape index (κ1) is 16.7. The molecule has 6 heteroatoms. The first-order valence-electron chi connectivity index (χ1n) is 7.99. The molecule has 0 amide bonds. The number of halogens is 1. The van der Waals surface area contributed by atoms with Crippen molar-refractivity contribution in [3.05, 3.63) is 34.4 Å². The van der Waals surface area contributed by atoms with Gasteiger partial charge in [-0.05, 0) is 28.0 Å². The van der Waals surface area contributed by atoms with Crippen LogP contribution < -0.4 is 4.90 Å². The highest BCUT2D eigenvalue weighted by Gasteiger charge is 2.24. The summed E-state index contributed by atoms with van der Waals surface area (Å²) in [5.41, 5.74) is 4.73. The van der Waals surface area contributed by atoms with E-state index in [4.69, 9.17) is 9.84 Å². The molecule has 0 aliphatic carbocycles. The Morgan fingerprint density at radius 3 is 2.83 bits per heavy atom. The van der Waals surface area contributed by atoms with Crippen LogP contribution in [0.5, 0.6) is 0 Å². The summed E-state index contributed by atoms with van der Waals surface area (Å²) in [6.07, 6.45) is 2.12. The van der Waals surface area contributed by atoms with Crippen molar-refractivity contribution in [2.75, 3.05) is 18.6 Å². The quantitative estimate of drug-likeness (QED) is 0.550. The highest BCUT2D eigenvalue weighted by molar-refractivity contribution is 9.10. The van der Waals surface area contributed by atoms with Crippen LogP contribution in [0, 0.1) is 0 Å². The van der Waals surface area contributed by atoms with Crippen LogP contribution in [-0.2, 0) is 18.0 Å². The van der Waals surface area contributed by atoms with Gasteiger partial charge in [-0.15, -0.1) is 0 Å². The molecule has 2 aromatic rings. The third kappa shape index (κ3) is 3.70. The second-order valence-electron chi connectivity index (χ2n) is 7.38. The predicted octanol–water partition coefficient (Wildman–Crippen LogP) is 4.57. The molecule has 4 nitrogen and oxygen atoms in total. The molecule has 0 atom stereocenters. The summed E-state index contributed by atoms with van der Waals surface area (Å²) in [7, 11) is 1.09. The zero-order chi connectivity index (χ0) is 16.6. The molecule has 0 bridgehead atoms. The molecule has 23 heavy (non-hydrogen) atoms. The van der Waals surface area contributed by atoms with Crippen molar-refractivity contribution in [1.82, 2.24) is 9.78 Å². The van der Waals surface area contributed by atoms with Crippen LogP contribution in [0.2, 0.25) is 25.7 Å². The molecule has 1 aromatic carbocycles. The highest BCUT2D eigenvalue weighted by atomic mass is 79.9. The lowest BCUT2D eigenvalue weighted by atomic mass is 10.0. The van der Waals surface area contributed by atoms with E-state index in [1.807, 2.05) is 4.68 Å². The molecule has 2 heterocycles. The molecule has 0 saturated carbocycles. The summed E-state index contributed by atoms with van der Waals surface area (Å²) < 4.78 is 8.87. The maximum Gasteiger partial charge on any atom is 0.139 e. The van der Waals surface area contributed by atoms with Crippen molar-refractivity contribution < 1.29 is 4.74 Å². The summed E-state index contributed by atoms with van der Waals surface area (Å²) in [6.45, 7) is 9.33. The number of ether oxygens (including phenoxy) is 1. The van der Waals surface area contributed by atoms with Crippen molar-refractivity contribution in [1.29, 1.82) is 0 Å². The standard InChI is InChI=1S/C17H24BrN3OSi/c1-20-10-13-11-21(12-22-8-9-23(2,3)4)19-16(13)14-6-5-7-15(18)17(14)20/h5-7,11H,8-10,12H2,1-4H3. The van der Waals surface area contributed by atoms with Gasteiger partial charge < -0.3 is 9.64 Å². The molecule has 0 unspecified atom stereocenters. The molecular weight excluding hydrogens is 370 g/mol. The number of anilines is 1. The number of para-hydroxylation sites is 1. The Morgan fingerprint density at radius 2 is 2.09 bits per heavy atom. The van der Waals surface area contributed by atoms with Gasteiger partial charge in [0.2, 0.25) is 0 Å². The topological polar surface area (TPSA) is 30.3 Å². The Kier molecular flexibility index (Phi) is 4.67. The molecule has 0 spiro atoms. The SMILES string of the molecule is CN1Cc2cn(COCC[Si](C)(C)C)nc2-c2cccc(Br)c21. The average molecular weight is 394 g/mol. The van der Waals surface area contributed by atoms with Crippen molar-refractivity contribution in [2.24, 2.45) is 0 Å². The third-order valence-electron chi connectivity index (χ3n) is 4.09. The third-order valence-corrected chi connectivity index (χ3v) is 6.43. The second kappa shape index (κ2) is 6.41. The molecule has 1 aromatic heterocycles. The Bertz CT molecular complexity index is 708. The Labute approximate surface area is 147 Å². The maximum atomic E-state index is 5.82. The summed E-state index contributed by atoms with van der Waals surface area (Å²) in [5, 5.41) is 4.76. The van der Waals surface area contributed by atoms with Crippen LogP contribution >= 0.6 is 15.9 Å². The normalized spacial score (nSPS) is 13.9. The largest absolute Gasteiger partial charge is 0.369 e. The zero-order valence-corrected chi connectivity index (χ0v) is 16.9. The molecule has 0 fully saturated rings. The van der Waals surface area contributed by atoms with E-state index in [0.717, 1.165) is 23.3 Å². The maximum absolute atomic E-state index is 5.82. The Morgan fingerprint density at radius 1 is 1.30 bits per heavy atom. The Balaban J connectivity index is 1.76. The van der Waals surface area contributed by atoms with Gasteiger partial charge in [0.25, 0.3) is 0 Å². The van der Waals surface area contributed by atoms with Gasteiger partial charge in [0.05, 0.1) is 11.4 Å². The molecule has 1 aliphatic rings. The van der Waals surface area contributed by atoms with Crippen LogP contribution in [0.4, 0.5) is 5.69 Å². The monoisotopic (exact) mass is 393 g/mol. The van der Waals surface area contributed by atoms with Gasteiger partial charge in [-0.1, -0.05) is 31.8 Å². The van der Waals surface area contributed by atoms with E-state index in [2.05, 4.69) is 71.9 Å². The fourth-order valence-corrected chi connectivity index (χ4v) is 4.26. The van der Waals surface area contributed by atoms with E-state index in [9.17, 15) is 0 Å². The van der Waals surface area contributed by atoms with Gasteiger partial charge in [-0.2, -0.15) is 5.10 Å². The molecule has 3 rings (SSSR count). The van der Waals surface area contributed by atoms with Crippen molar-refractivity contribution in [2.45, 2.75) is 39.0 Å². The molecule has 0 N–H and O–H groups in total. The van der Waals surface area contributed by atoms with Crippen molar-refractivity contribution >= 4 is 29.7 Å². The smallest absolute Gasteiger partial charge is 0.139 e. The van der Waals surface area contributed by atoms with Crippen LogP contribution in [0.15, 0.2) is 28.9 Å². The van der Waals surface area contributed by atoms with E-state index in [1.54, 1.807) is 0 Å². The van der Waals surface area contributed by atoms with Crippen molar-refractivity contribution in [3.63, 3.8) is 0 Å². The van der Waals surface area contributed by atoms with Gasteiger partial charge in [0, 0.05) is 50.1 Å². The van der Waals surface area contributed by atoms with Gasteiger partial charge in [-0.25, -0.2) is 4.68 Å². The van der Waals surface area contributed by atoms with Gasteiger partial charge in [-0.3, -0.25) is 0 Å². The summed E-state index contributed by atoms with van der Waals surface area (Å²) in [6, 6.07) is 7.47. The first-order chi connectivity index (χ1) is 10.8. The van der Waals surface area contributed by atoms with E-state index in [-0.39, 0.29) is 0 Å². The summed E-state index contributed by atoms with van der Waals surface area (Å²) >= 11 is 3.65. The summed E-state index contributed by atoms with van der Waals surface area (Å²) in [5.74, 6) is 0. The van der Waals surface area contributed by atoms with Crippen LogP contribution in [0.25, 0.3) is 11.3 Å². The minimum Gasteiger partial charge on any atom is -0.369 e. The van der Waals surface area contributed by atoms with Crippen LogP contribution in [-0.4, -0.2) is 31.5 Å². The number of rotatable bonds is 5. The lowest BCUT2D eigenvalue weighted by Crippen LogP contribution is -2.22. The zero-order valence-electron chi connectivity index (χ0n) is 14.3. The number of benzene rings is 1. The van der Waals surface area contributed by atoms with E-state index < -0.39 is 8.07 Å². The van der Waals surface area contributed by atoms with Crippen LogP contribution in [0.1, 0.15) is 5.56 Å². The fourth-order valence-electron chi connectivity index (χ4n) is 2.84. The fraction of sp³-hybridized carbons (Fsp3) is 0.471.